The topological polar surface area (TPSA) is 64.4 Å². The van der Waals surface area contributed by atoms with Gasteiger partial charge in [-0.3, -0.25) is 14.5 Å². The first-order chi connectivity index (χ1) is 13.1. The molecule has 1 atom stereocenters. The number of imidazole rings is 1. The Morgan fingerprint density at radius 3 is 2.41 bits per heavy atom. The molecule has 1 fully saturated rings. The van der Waals surface area contributed by atoms with Crippen molar-refractivity contribution in [2.24, 2.45) is 0 Å². The molecule has 0 spiro atoms. The smallest absolute Gasteiger partial charge is 0.214 e. The van der Waals surface area contributed by atoms with Crippen molar-refractivity contribution in [2.75, 3.05) is 32.8 Å². The molecule has 1 aromatic carbocycles. The molecule has 1 saturated heterocycles. The van der Waals surface area contributed by atoms with Gasteiger partial charge in [0, 0.05) is 43.2 Å². The second kappa shape index (κ2) is 7.37. The standard InChI is InChI=1S/C21H25N3O3/c1-3-14(2)21-22-17-18(24(21)9-8-23-10-12-27-13-11-23)20(26)16-7-5-4-6-15(16)19(17)25/h4-7,14H,3,8-13H2,1-2H3. The summed E-state index contributed by atoms with van der Waals surface area (Å²) in [6.07, 6.45) is 0.906. The van der Waals surface area contributed by atoms with Gasteiger partial charge < -0.3 is 9.30 Å². The summed E-state index contributed by atoms with van der Waals surface area (Å²) in [5, 5.41) is 0. The number of carbonyl (C=O) groups is 2. The molecule has 0 radical (unpaired) electrons. The van der Waals surface area contributed by atoms with Gasteiger partial charge in [-0.25, -0.2) is 4.98 Å². The van der Waals surface area contributed by atoms with Gasteiger partial charge in [-0.15, -0.1) is 0 Å². The molecule has 1 aromatic heterocycles. The van der Waals surface area contributed by atoms with Crippen LogP contribution in [0.1, 0.15) is 64.1 Å². The number of carbonyl (C=O) groups excluding carboxylic acids is 2. The van der Waals surface area contributed by atoms with Gasteiger partial charge in [-0.05, 0) is 6.42 Å². The zero-order chi connectivity index (χ0) is 19.0. The third kappa shape index (κ3) is 3.13. The number of benzene rings is 1. The molecule has 0 bridgehead atoms. The molecule has 2 heterocycles. The van der Waals surface area contributed by atoms with Crippen molar-refractivity contribution in [3.63, 3.8) is 0 Å². The van der Waals surface area contributed by atoms with E-state index in [0.717, 1.165) is 45.1 Å². The third-order valence-corrected chi connectivity index (χ3v) is 5.64. The summed E-state index contributed by atoms with van der Waals surface area (Å²) < 4.78 is 7.41. The van der Waals surface area contributed by atoms with E-state index in [-0.39, 0.29) is 17.5 Å². The largest absolute Gasteiger partial charge is 0.379 e. The van der Waals surface area contributed by atoms with Crippen molar-refractivity contribution in [3.8, 4) is 0 Å². The highest BCUT2D eigenvalue weighted by atomic mass is 16.5. The first-order valence-corrected chi connectivity index (χ1v) is 9.70. The summed E-state index contributed by atoms with van der Waals surface area (Å²) in [4.78, 5) is 33.2. The van der Waals surface area contributed by atoms with Gasteiger partial charge >= 0.3 is 0 Å². The number of hydrogen-bond acceptors (Lipinski definition) is 5. The predicted octanol–water partition coefficient (Wildman–Crippen LogP) is 2.50. The summed E-state index contributed by atoms with van der Waals surface area (Å²) >= 11 is 0. The summed E-state index contributed by atoms with van der Waals surface area (Å²) in [7, 11) is 0. The van der Waals surface area contributed by atoms with Crippen LogP contribution >= 0.6 is 0 Å². The van der Waals surface area contributed by atoms with Crippen molar-refractivity contribution >= 4 is 11.6 Å². The van der Waals surface area contributed by atoms with Crippen LogP contribution in [0.3, 0.4) is 0 Å². The molecule has 0 N–H and O–H groups in total. The van der Waals surface area contributed by atoms with Crippen LogP contribution in [0.25, 0.3) is 0 Å². The second-order valence-corrected chi connectivity index (χ2v) is 7.29. The molecule has 6 heteroatoms. The Bertz CT molecular complexity index is 881. The maximum absolute atomic E-state index is 13.2. The number of ether oxygens (including phenoxy) is 1. The Morgan fingerprint density at radius 2 is 1.74 bits per heavy atom. The summed E-state index contributed by atoms with van der Waals surface area (Å²) in [6.45, 7) is 8.94. The Hall–Kier alpha value is -2.31. The Labute approximate surface area is 159 Å². The fourth-order valence-electron chi connectivity index (χ4n) is 3.84. The van der Waals surface area contributed by atoms with E-state index in [0.29, 0.717) is 29.1 Å². The predicted molar refractivity (Wildman–Crippen MR) is 101 cm³/mol. The molecule has 1 unspecified atom stereocenters. The van der Waals surface area contributed by atoms with Crippen molar-refractivity contribution in [3.05, 3.63) is 52.6 Å². The minimum Gasteiger partial charge on any atom is -0.379 e. The Morgan fingerprint density at radius 1 is 1.07 bits per heavy atom. The Kier molecular flexibility index (Phi) is 4.93. The van der Waals surface area contributed by atoms with Crippen molar-refractivity contribution in [1.29, 1.82) is 0 Å². The highest BCUT2D eigenvalue weighted by Crippen LogP contribution is 2.30. The number of ketones is 2. The molecule has 2 aliphatic rings. The molecular weight excluding hydrogens is 342 g/mol. The number of fused-ring (bicyclic) bond motifs is 2. The van der Waals surface area contributed by atoms with Gasteiger partial charge in [-0.1, -0.05) is 38.1 Å². The molecule has 0 amide bonds. The average molecular weight is 367 g/mol. The van der Waals surface area contributed by atoms with Gasteiger partial charge in [0.05, 0.1) is 13.2 Å². The van der Waals surface area contributed by atoms with Crippen LogP contribution in [-0.4, -0.2) is 58.9 Å². The highest BCUT2D eigenvalue weighted by Gasteiger charge is 2.36. The molecule has 27 heavy (non-hydrogen) atoms. The van der Waals surface area contributed by atoms with Crippen LogP contribution in [-0.2, 0) is 11.3 Å². The van der Waals surface area contributed by atoms with E-state index in [1.54, 1.807) is 24.3 Å². The van der Waals surface area contributed by atoms with Gasteiger partial charge in [0.15, 0.2) is 0 Å². The number of hydrogen-bond donors (Lipinski definition) is 0. The number of morpholine rings is 1. The number of rotatable bonds is 5. The van der Waals surface area contributed by atoms with Crippen LogP contribution in [0, 0.1) is 0 Å². The summed E-state index contributed by atoms with van der Waals surface area (Å²) in [6, 6.07) is 7.05. The van der Waals surface area contributed by atoms with Crippen LogP contribution < -0.4 is 0 Å². The highest BCUT2D eigenvalue weighted by molar-refractivity contribution is 6.27. The van der Waals surface area contributed by atoms with Gasteiger partial charge in [-0.2, -0.15) is 0 Å². The molecule has 6 nitrogen and oxygen atoms in total. The first-order valence-electron chi connectivity index (χ1n) is 9.70. The summed E-state index contributed by atoms with van der Waals surface area (Å²) in [5.41, 5.74) is 1.72. The quantitative estimate of drug-likeness (QED) is 0.693. The maximum Gasteiger partial charge on any atom is 0.214 e. The van der Waals surface area contributed by atoms with E-state index in [1.807, 2.05) is 4.57 Å². The van der Waals surface area contributed by atoms with Crippen molar-refractivity contribution in [1.82, 2.24) is 14.5 Å². The molecular formula is C21H25N3O3. The lowest BCUT2D eigenvalue weighted by Crippen LogP contribution is -2.38. The zero-order valence-corrected chi connectivity index (χ0v) is 15.9. The zero-order valence-electron chi connectivity index (χ0n) is 15.9. The maximum atomic E-state index is 13.2. The van der Waals surface area contributed by atoms with Crippen LogP contribution in [0.2, 0.25) is 0 Å². The molecule has 2 aromatic rings. The minimum absolute atomic E-state index is 0.0933. The fourth-order valence-corrected chi connectivity index (χ4v) is 3.84. The van der Waals surface area contributed by atoms with Crippen molar-refractivity contribution < 1.29 is 14.3 Å². The van der Waals surface area contributed by atoms with Gasteiger partial charge in [0.25, 0.3) is 0 Å². The van der Waals surface area contributed by atoms with Crippen LogP contribution in [0.4, 0.5) is 0 Å². The SMILES string of the molecule is CCC(C)c1nc2c(n1CCN1CCOCC1)C(=O)c1ccccc1C2=O. The van der Waals surface area contributed by atoms with E-state index in [9.17, 15) is 9.59 Å². The average Bonchev–Trinajstić information content (AvgIpc) is 3.10. The van der Waals surface area contributed by atoms with E-state index in [1.165, 1.54) is 0 Å². The Balaban J connectivity index is 1.74. The van der Waals surface area contributed by atoms with Crippen LogP contribution in [0.5, 0.6) is 0 Å². The number of nitrogens with zero attached hydrogens (tertiary/aromatic N) is 3. The second-order valence-electron chi connectivity index (χ2n) is 7.29. The first kappa shape index (κ1) is 18.1. The van der Waals surface area contributed by atoms with E-state index >= 15 is 0 Å². The van der Waals surface area contributed by atoms with E-state index < -0.39 is 0 Å². The normalized spacial score (nSPS) is 18.3. The lowest BCUT2D eigenvalue weighted by molar-refractivity contribution is 0.0361. The van der Waals surface area contributed by atoms with Gasteiger partial charge in [0.2, 0.25) is 11.6 Å². The molecule has 1 aliphatic carbocycles. The van der Waals surface area contributed by atoms with Gasteiger partial charge in [0.1, 0.15) is 17.2 Å². The molecule has 142 valence electrons. The van der Waals surface area contributed by atoms with E-state index in [4.69, 9.17) is 4.74 Å². The van der Waals surface area contributed by atoms with Crippen LogP contribution in [0.15, 0.2) is 24.3 Å². The molecule has 0 saturated carbocycles. The fraction of sp³-hybridized carbons (Fsp3) is 0.476. The lowest BCUT2D eigenvalue weighted by atomic mass is 9.90. The monoisotopic (exact) mass is 367 g/mol. The minimum atomic E-state index is -0.144. The summed E-state index contributed by atoms with van der Waals surface area (Å²) in [5.74, 6) is 0.786. The molecule has 4 rings (SSSR count). The lowest BCUT2D eigenvalue weighted by Gasteiger charge is -2.27. The third-order valence-electron chi connectivity index (χ3n) is 5.64. The number of aromatic nitrogens is 2. The molecule has 1 aliphatic heterocycles. The van der Waals surface area contributed by atoms with E-state index in [2.05, 4.69) is 23.7 Å². The van der Waals surface area contributed by atoms with Crippen molar-refractivity contribution in [2.45, 2.75) is 32.7 Å².